The zero-order valence-corrected chi connectivity index (χ0v) is 13.9. The molecule has 0 spiro atoms. The van der Waals surface area contributed by atoms with Crippen LogP contribution >= 0.6 is 11.6 Å². The summed E-state index contributed by atoms with van der Waals surface area (Å²) in [6.45, 7) is 0. The Morgan fingerprint density at radius 3 is 2.20 bits per heavy atom. The third-order valence-corrected chi connectivity index (χ3v) is 3.57. The van der Waals surface area contributed by atoms with Gasteiger partial charge in [0, 0.05) is 17.0 Å². The zero-order chi connectivity index (χ0) is 18.2. The van der Waals surface area contributed by atoms with Gasteiger partial charge in [-0.05, 0) is 29.8 Å². The molecule has 7 nitrogen and oxygen atoms in total. The van der Waals surface area contributed by atoms with Crippen LogP contribution in [0, 0.1) is 0 Å². The molecule has 2 rings (SSSR count). The number of nitrogens with one attached hydrogen (secondary N) is 3. The van der Waals surface area contributed by atoms with Crippen molar-refractivity contribution in [1.29, 1.82) is 0 Å². The molecular formula is C17H17ClN4O3. The van der Waals surface area contributed by atoms with Crippen LogP contribution < -0.4 is 21.9 Å². The minimum absolute atomic E-state index is 0.229. The van der Waals surface area contributed by atoms with Gasteiger partial charge in [0.25, 0.3) is 11.8 Å². The normalized spacial score (nSPS) is 11.2. The van der Waals surface area contributed by atoms with Crippen molar-refractivity contribution >= 4 is 29.4 Å². The SMILES string of the molecule is NC(=O)NC(Cc1ccccc1)C(=O)NNC(=O)c1ccc(Cl)cc1. The number of amides is 4. The van der Waals surface area contributed by atoms with Gasteiger partial charge < -0.3 is 11.1 Å². The predicted molar refractivity (Wildman–Crippen MR) is 93.7 cm³/mol. The largest absolute Gasteiger partial charge is 0.352 e. The zero-order valence-electron chi connectivity index (χ0n) is 13.2. The summed E-state index contributed by atoms with van der Waals surface area (Å²) < 4.78 is 0. The van der Waals surface area contributed by atoms with Gasteiger partial charge in [0.1, 0.15) is 6.04 Å². The summed E-state index contributed by atoms with van der Waals surface area (Å²) in [4.78, 5) is 35.4. The van der Waals surface area contributed by atoms with Gasteiger partial charge in [-0.1, -0.05) is 41.9 Å². The van der Waals surface area contributed by atoms with E-state index in [1.165, 1.54) is 12.1 Å². The lowest BCUT2D eigenvalue weighted by Gasteiger charge is -2.17. The molecule has 0 heterocycles. The van der Waals surface area contributed by atoms with E-state index in [0.29, 0.717) is 10.6 Å². The van der Waals surface area contributed by atoms with Gasteiger partial charge in [-0.2, -0.15) is 0 Å². The van der Waals surface area contributed by atoms with Crippen LogP contribution in [0.15, 0.2) is 54.6 Å². The number of nitrogens with two attached hydrogens (primary N) is 1. The van der Waals surface area contributed by atoms with Gasteiger partial charge in [0.2, 0.25) is 0 Å². The van der Waals surface area contributed by atoms with E-state index in [1.54, 1.807) is 12.1 Å². The smallest absolute Gasteiger partial charge is 0.312 e. The number of carbonyl (C=O) groups excluding carboxylic acids is 3. The lowest BCUT2D eigenvalue weighted by atomic mass is 10.1. The first-order valence-electron chi connectivity index (χ1n) is 7.41. The van der Waals surface area contributed by atoms with Crippen molar-refractivity contribution in [3.63, 3.8) is 0 Å². The molecule has 0 bridgehead atoms. The third kappa shape index (κ3) is 5.82. The van der Waals surface area contributed by atoms with Crippen molar-refractivity contribution in [2.75, 3.05) is 0 Å². The number of hydrogen-bond acceptors (Lipinski definition) is 3. The molecule has 4 amide bonds. The number of hydrogen-bond donors (Lipinski definition) is 4. The molecule has 1 atom stereocenters. The average Bonchev–Trinajstić information content (AvgIpc) is 2.60. The van der Waals surface area contributed by atoms with E-state index >= 15 is 0 Å². The minimum Gasteiger partial charge on any atom is -0.352 e. The van der Waals surface area contributed by atoms with Crippen LogP contribution in [-0.2, 0) is 11.2 Å². The first kappa shape index (κ1) is 18.3. The lowest BCUT2D eigenvalue weighted by molar-refractivity contribution is -0.123. The molecule has 0 saturated heterocycles. The van der Waals surface area contributed by atoms with Crippen molar-refractivity contribution < 1.29 is 14.4 Å². The third-order valence-electron chi connectivity index (χ3n) is 3.32. The molecule has 5 N–H and O–H groups in total. The Labute approximate surface area is 149 Å². The van der Waals surface area contributed by atoms with Crippen LogP contribution in [0.5, 0.6) is 0 Å². The van der Waals surface area contributed by atoms with Crippen LogP contribution in [0.1, 0.15) is 15.9 Å². The summed E-state index contributed by atoms with van der Waals surface area (Å²) in [5.41, 5.74) is 10.8. The average molecular weight is 361 g/mol. The fraction of sp³-hybridized carbons (Fsp3) is 0.118. The van der Waals surface area contributed by atoms with Crippen LogP contribution in [0.4, 0.5) is 4.79 Å². The number of benzene rings is 2. The Morgan fingerprint density at radius 2 is 1.60 bits per heavy atom. The van der Waals surface area contributed by atoms with Gasteiger partial charge in [0.05, 0.1) is 0 Å². The summed E-state index contributed by atoms with van der Waals surface area (Å²) in [5.74, 6) is -1.10. The monoisotopic (exact) mass is 360 g/mol. The van der Waals surface area contributed by atoms with Crippen molar-refractivity contribution in [2.45, 2.75) is 12.5 Å². The fourth-order valence-corrected chi connectivity index (χ4v) is 2.24. The summed E-state index contributed by atoms with van der Waals surface area (Å²) in [7, 11) is 0. The number of urea groups is 1. The van der Waals surface area contributed by atoms with E-state index in [2.05, 4.69) is 16.2 Å². The van der Waals surface area contributed by atoms with Gasteiger partial charge in [-0.15, -0.1) is 0 Å². The molecule has 130 valence electrons. The molecule has 0 aliphatic carbocycles. The van der Waals surface area contributed by atoms with E-state index < -0.39 is 23.9 Å². The molecule has 0 fully saturated rings. The van der Waals surface area contributed by atoms with E-state index in [9.17, 15) is 14.4 Å². The Kier molecular flexibility index (Phi) is 6.36. The highest BCUT2D eigenvalue weighted by Crippen LogP contribution is 2.09. The molecule has 0 saturated carbocycles. The molecule has 25 heavy (non-hydrogen) atoms. The van der Waals surface area contributed by atoms with Crippen molar-refractivity contribution in [2.24, 2.45) is 5.73 Å². The molecule has 2 aromatic carbocycles. The van der Waals surface area contributed by atoms with Crippen LogP contribution in [0.25, 0.3) is 0 Å². The Balaban J connectivity index is 1.97. The predicted octanol–water partition coefficient (Wildman–Crippen LogP) is 1.38. The maximum Gasteiger partial charge on any atom is 0.312 e. The lowest BCUT2D eigenvalue weighted by Crippen LogP contribution is -2.54. The van der Waals surface area contributed by atoms with E-state index in [4.69, 9.17) is 17.3 Å². The van der Waals surface area contributed by atoms with Gasteiger partial charge in [-0.25, -0.2) is 4.79 Å². The van der Waals surface area contributed by atoms with Crippen molar-refractivity contribution in [1.82, 2.24) is 16.2 Å². The number of halogens is 1. The Hall–Kier alpha value is -3.06. The minimum atomic E-state index is -0.926. The number of hydrazine groups is 1. The maximum atomic E-state index is 12.3. The van der Waals surface area contributed by atoms with Crippen LogP contribution in [-0.4, -0.2) is 23.9 Å². The fourth-order valence-electron chi connectivity index (χ4n) is 2.11. The number of primary amides is 1. The van der Waals surface area contributed by atoms with Gasteiger partial charge in [0.15, 0.2) is 0 Å². The quantitative estimate of drug-likeness (QED) is 0.604. The molecule has 0 aliphatic rings. The summed E-state index contributed by atoms with van der Waals surface area (Å²) in [6, 6.07) is 13.5. The molecule has 2 aromatic rings. The standard InChI is InChI=1S/C17H17ClN4O3/c18-13-8-6-12(7-9-13)15(23)21-22-16(24)14(20-17(19)25)10-11-4-2-1-3-5-11/h1-9,14H,10H2,(H,21,23)(H,22,24)(H3,19,20,25). The molecule has 0 aliphatic heterocycles. The summed E-state index contributed by atoms with van der Waals surface area (Å²) >= 11 is 5.76. The van der Waals surface area contributed by atoms with Crippen LogP contribution in [0.3, 0.4) is 0 Å². The topological polar surface area (TPSA) is 113 Å². The number of carbonyl (C=O) groups is 3. The Bertz CT molecular complexity index is 750. The van der Waals surface area contributed by atoms with E-state index in [1.807, 2.05) is 30.3 Å². The van der Waals surface area contributed by atoms with E-state index in [0.717, 1.165) is 5.56 Å². The Morgan fingerprint density at radius 1 is 0.960 bits per heavy atom. The molecule has 0 aromatic heterocycles. The molecule has 8 heteroatoms. The summed E-state index contributed by atoms with van der Waals surface area (Å²) in [5, 5.41) is 2.85. The van der Waals surface area contributed by atoms with Crippen LogP contribution in [0.2, 0.25) is 5.02 Å². The second-order valence-corrected chi connectivity index (χ2v) is 5.64. The first-order valence-corrected chi connectivity index (χ1v) is 7.79. The highest BCUT2D eigenvalue weighted by molar-refractivity contribution is 6.30. The molecule has 1 unspecified atom stereocenters. The molecule has 0 radical (unpaired) electrons. The van der Waals surface area contributed by atoms with Gasteiger partial charge in [-0.3, -0.25) is 20.4 Å². The highest BCUT2D eigenvalue weighted by atomic mass is 35.5. The second kappa shape index (κ2) is 8.70. The van der Waals surface area contributed by atoms with Crippen molar-refractivity contribution in [3.05, 3.63) is 70.7 Å². The van der Waals surface area contributed by atoms with E-state index in [-0.39, 0.29) is 6.42 Å². The number of rotatable bonds is 5. The maximum absolute atomic E-state index is 12.3. The highest BCUT2D eigenvalue weighted by Gasteiger charge is 2.21. The van der Waals surface area contributed by atoms with Gasteiger partial charge >= 0.3 is 6.03 Å². The second-order valence-electron chi connectivity index (χ2n) is 5.20. The summed E-state index contributed by atoms with van der Waals surface area (Å²) in [6.07, 6.45) is 0.229. The first-order chi connectivity index (χ1) is 12.0. The molecular weight excluding hydrogens is 344 g/mol. The van der Waals surface area contributed by atoms with Crippen molar-refractivity contribution in [3.8, 4) is 0 Å².